The summed E-state index contributed by atoms with van der Waals surface area (Å²) in [6.45, 7) is 0. The van der Waals surface area contributed by atoms with Crippen LogP contribution in [-0.4, -0.2) is 0 Å². The number of hydrogen-bond acceptors (Lipinski definition) is 0. The highest BCUT2D eigenvalue weighted by molar-refractivity contribution is 14.0. The molecule has 0 aliphatic heterocycles. The Morgan fingerprint density at radius 3 is 1.17 bits per heavy atom. The lowest BCUT2D eigenvalue weighted by Gasteiger charge is -2.40. The molecule has 2 saturated carbocycles. The topological polar surface area (TPSA) is 0 Å². The first-order chi connectivity index (χ1) is 5.41. The molecule has 2 fully saturated rings. The maximum absolute atomic E-state index is 1.56. The van der Waals surface area contributed by atoms with E-state index in [-0.39, 0.29) is 24.0 Å². The summed E-state index contributed by atoms with van der Waals surface area (Å²) in [6.07, 6.45) is 15.4. The molecule has 0 radical (unpaired) electrons. The van der Waals surface area contributed by atoms with Gasteiger partial charge in [0.25, 0.3) is 0 Å². The Kier molecular flexibility index (Phi) is 4.35. The van der Waals surface area contributed by atoms with E-state index in [9.17, 15) is 0 Å². The summed E-state index contributed by atoms with van der Waals surface area (Å²) in [5.41, 5.74) is 0.858. The Morgan fingerprint density at radius 1 is 0.500 bits per heavy atom. The van der Waals surface area contributed by atoms with Gasteiger partial charge >= 0.3 is 0 Å². The lowest BCUT2D eigenvalue weighted by atomic mass is 9.65. The lowest BCUT2D eigenvalue weighted by molar-refractivity contribution is 0.124. The van der Waals surface area contributed by atoms with Crippen LogP contribution in [0, 0.1) is 5.41 Å². The molecule has 0 heterocycles. The highest BCUT2D eigenvalue weighted by Gasteiger charge is 2.32. The maximum Gasteiger partial charge on any atom is -0.0297 e. The van der Waals surface area contributed by atoms with Crippen LogP contribution < -0.4 is 0 Å². The molecular weight excluding hydrogens is 259 g/mol. The first kappa shape index (κ1) is 10.8. The summed E-state index contributed by atoms with van der Waals surface area (Å²) < 4.78 is 0. The van der Waals surface area contributed by atoms with E-state index >= 15 is 0 Å². The summed E-state index contributed by atoms with van der Waals surface area (Å²) >= 11 is 0. The zero-order valence-corrected chi connectivity index (χ0v) is 10.3. The molecule has 0 aromatic rings. The minimum absolute atomic E-state index is 0. The Labute approximate surface area is 93.5 Å². The van der Waals surface area contributed by atoms with Crippen molar-refractivity contribution < 1.29 is 0 Å². The van der Waals surface area contributed by atoms with Crippen molar-refractivity contribution in [2.45, 2.75) is 64.2 Å². The fourth-order valence-corrected chi connectivity index (χ4v) is 3.10. The summed E-state index contributed by atoms with van der Waals surface area (Å²) in [5.74, 6) is 0. The van der Waals surface area contributed by atoms with E-state index < -0.39 is 0 Å². The van der Waals surface area contributed by atoms with Crippen LogP contribution in [0.3, 0.4) is 0 Å². The summed E-state index contributed by atoms with van der Waals surface area (Å²) in [7, 11) is 0. The van der Waals surface area contributed by atoms with Crippen molar-refractivity contribution in [2.24, 2.45) is 5.41 Å². The van der Waals surface area contributed by atoms with Crippen LogP contribution in [0.2, 0.25) is 0 Å². The second-order valence-electron chi connectivity index (χ2n) is 4.62. The molecule has 1 spiro atoms. The first-order valence-electron chi connectivity index (χ1n) is 5.41. The number of hydrogen-bond donors (Lipinski definition) is 0. The first-order valence-corrected chi connectivity index (χ1v) is 5.41. The minimum atomic E-state index is 0. The molecule has 0 saturated heterocycles. The van der Waals surface area contributed by atoms with E-state index in [4.69, 9.17) is 0 Å². The van der Waals surface area contributed by atoms with Gasteiger partial charge in [-0.25, -0.2) is 0 Å². The molecule has 0 aromatic carbocycles. The predicted molar refractivity (Wildman–Crippen MR) is 64.0 cm³/mol. The van der Waals surface area contributed by atoms with E-state index in [0.717, 1.165) is 5.41 Å². The van der Waals surface area contributed by atoms with Crippen LogP contribution in [0.5, 0.6) is 0 Å². The maximum atomic E-state index is 1.56. The summed E-state index contributed by atoms with van der Waals surface area (Å²) in [6, 6.07) is 0. The van der Waals surface area contributed by atoms with E-state index in [1.807, 2.05) is 0 Å². The van der Waals surface area contributed by atoms with Crippen molar-refractivity contribution >= 4 is 24.0 Å². The van der Waals surface area contributed by atoms with E-state index in [1.165, 1.54) is 38.5 Å². The van der Waals surface area contributed by atoms with E-state index in [0.29, 0.717) is 0 Å². The highest BCUT2D eigenvalue weighted by Crippen LogP contribution is 2.47. The van der Waals surface area contributed by atoms with Crippen molar-refractivity contribution in [3.63, 3.8) is 0 Å². The van der Waals surface area contributed by atoms with Gasteiger partial charge in [-0.3, -0.25) is 0 Å². The fourth-order valence-electron chi connectivity index (χ4n) is 3.10. The van der Waals surface area contributed by atoms with Crippen LogP contribution in [0.1, 0.15) is 64.2 Å². The van der Waals surface area contributed by atoms with Gasteiger partial charge in [-0.1, -0.05) is 38.5 Å². The van der Waals surface area contributed by atoms with Gasteiger partial charge in [0, 0.05) is 0 Å². The molecule has 2 aliphatic rings. The second-order valence-corrected chi connectivity index (χ2v) is 4.62. The monoisotopic (exact) mass is 280 g/mol. The molecule has 12 heavy (non-hydrogen) atoms. The van der Waals surface area contributed by atoms with Crippen LogP contribution >= 0.6 is 24.0 Å². The van der Waals surface area contributed by atoms with Crippen molar-refractivity contribution in [3.05, 3.63) is 0 Å². The number of halogens is 1. The predicted octanol–water partition coefficient (Wildman–Crippen LogP) is 4.52. The third-order valence-corrected chi connectivity index (χ3v) is 3.83. The summed E-state index contributed by atoms with van der Waals surface area (Å²) in [5, 5.41) is 0. The van der Waals surface area contributed by atoms with E-state index in [1.54, 1.807) is 25.7 Å². The number of rotatable bonds is 0. The Balaban J connectivity index is 0.000000720. The fraction of sp³-hybridized carbons (Fsp3) is 1.00. The van der Waals surface area contributed by atoms with E-state index in [2.05, 4.69) is 0 Å². The molecule has 0 bridgehead atoms. The van der Waals surface area contributed by atoms with Crippen LogP contribution in [0.25, 0.3) is 0 Å². The molecule has 0 amide bonds. The molecule has 72 valence electrons. The lowest BCUT2D eigenvalue weighted by Crippen LogP contribution is -2.26. The summed E-state index contributed by atoms with van der Waals surface area (Å²) in [4.78, 5) is 0. The Morgan fingerprint density at radius 2 is 0.833 bits per heavy atom. The van der Waals surface area contributed by atoms with Gasteiger partial charge < -0.3 is 0 Å². The Hall–Kier alpha value is 0.730. The van der Waals surface area contributed by atoms with Crippen molar-refractivity contribution in [1.29, 1.82) is 0 Å². The van der Waals surface area contributed by atoms with Crippen LogP contribution in [0.4, 0.5) is 0 Å². The SMILES string of the molecule is C1CCC2(CC1)CCCCC2.I. The van der Waals surface area contributed by atoms with Gasteiger partial charge in [0.1, 0.15) is 0 Å². The third-order valence-electron chi connectivity index (χ3n) is 3.83. The molecule has 0 aromatic heterocycles. The van der Waals surface area contributed by atoms with Crippen LogP contribution in [-0.2, 0) is 0 Å². The van der Waals surface area contributed by atoms with Gasteiger partial charge in [-0.15, -0.1) is 24.0 Å². The second kappa shape index (κ2) is 4.83. The van der Waals surface area contributed by atoms with Gasteiger partial charge in [0.15, 0.2) is 0 Å². The average Bonchev–Trinajstić information content (AvgIpc) is 2.07. The normalized spacial score (nSPS) is 28.0. The molecule has 2 rings (SSSR count). The molecule has 0 unspecified atom stereocenters. The third kappa shape index (κ3) is 2.36. The van der Waals surface area contributed by atoms with Gasteiger partial charge in [0.2, 0.25) is 0 Å². The minimum Gasteiger partial charge on any atom is -0.107 e. The molecule has 0 N–H and O–H groups in total. The van der Waals surface area contributed by atoms with Crippen LogP contribution in [0.15, 0.2) is 0 Å². The molecule has 0 nitrogen and oxygen atoms in total. The molecule has 0 atom stereocenters. The zero-order chi connectivity index (χ0) is 7.57. The molecular formula is C11H21I. The molecule has 1 heteroatoms. The smallest absolute Gasteiger partial charge is 0.0297 e. The van der Waals surface area contributed by atoms with Gasteiger partial charge in [-0.2, -0.15) is 0 Å². The standard InChI is InChI=1S/C11H20.HI/c1-3-7-11(8-4-1)9-5-2-6-10-11;/h1-10H2;1H. The van der Waals surface area contributed by atoms with Gasteiger partial charge in [0.05, 0.1) is 0 Å². The zero-order valence-electron chi connectivity index (χ0n) is 7.98. The van der Waals surface area contributed by atoms with Crippen molar-refractivity contribution in [1.82, 2.24) is 0 Å². The largest absolute Gasteiger partial charge is 0.107 e. The van der Waals surface area contributed by atoms with Gasteiger partial charge in [-0.05, 0) is 31.1 Å². The molecule has 2 aliphatic carbocycles. The quantitative estimate of drug-likeness (QED) is 0.572. The highest BCUT2D eigenvalue weighted by atomic mass is 127. The average molecular weight is 280 g/mol. The van der Waals surface area contributed by atoms with Crippen molar-refractivity contribution in [2.75, 3.05) is 0 Å². The Bertz CT molecular complexity index is 99.5. The van der Waals surface area contributed by atoms with Crippen molar-refractivity contribution in [3.8, 4) is 0 Å².